The van der Waals surface area contributed by atoms with Gasteiger partial charge in [-0.3, -0.25) is 0 Å². The van der Waals surface area contributed by atoms with Crippen LogP contribution in [-0.4, -0.2) is 9.97 Å². The molecule has 0 radical (unpaired) electrons. The number of hydrogen-bond donors (Lipinski definition) is 2. The molecular weight excluding hydrogens is 342 g/mol. The van der Waals surface area contributed by atoms with E-state index in [0.29, 0.717) is 0 Å². The average molecular weight is 353 g/mol. The monoisotopic (exact) mass is 353 g/mol. The van der Waals surface area contributed by atoms with Crippen LogP contribution in [0.15, 0.2) is 59.6 Å². The van der Waals surface area contributed by atoms with Crippen molar-refractivity contribution in [3.63, 3.8) is 0 Å². The second-order valence-electron chi connectivity index (χ2n) is 4.85. The van der Waals surface area contributed by atoms with Crippen LogP contribution in [0.4, 0.5) is 23.2 Å². The van der Waals surface area contributed by atoms with Crippen molar-refractivity contribution in [1.29, 1.82) is 0 Å². The van der Waals surface area contributed by atoms with Gasteiger partial charge in [0.2, 0.25) is 5.95 Å². The first kappa shape index (κ1) is 16.4. The summed E-state index contributed by atoms with van der Waals surface area (Å²) in [5, 5.41) is 0. The summed E-state index contributed by atoms with van der Waals surface area (Å²) in [6.45, 7) is 0. The van der Waals surface area contributed by atoms with E-state index in [2.05, 4.69) is 14.7 Å². The minimum absolute atomic E-state index is 0.115. The molecule has 0 saturated heterocycles. The van der Waals surface area contributed by atoms with Crippen LogP contribution in [0.2, 0.25) is 0 Å². The molecule has 0 aliphatic rings. The van der Waals surface area contributed by atoms with Crippen molar-refractivity contribution in [1.82, 2.24) is 9.97 Å². The molecule has 3 nitrogen and oxygen atoms in total. The fourth-order valence-electron chi connectivity index (χ4n) is 2.00. The molecule has 2 aromatic heterocycles. The van der Waals surface area contributed by atoms with Gasteiger partial charge >= 0.3 is 6.18 Å². The Hall–Kier alpha value is -2.48. The molecule has 0 saturated carbocycles. The first-order valence-electron chi connectivity index (χ1n) is 6.84. The van der Waals surface area contributed by atoms with Crippen molar-refractivity contribution in [2.45, 2.75) is 11.1 Å². The quantitative estimate of drug-likeness (QED) is 0.377. The second kappa shape index (κ2) is 6.56. The Morgan fingerprint density at radius 1 is 1.04 bits per heavy atom. The lowest BCUT2D eigenvalue weighted by Crippen LogP contribution is -2.09. The summed E-state index contributed by atoms with van der Waals surface area (Å²) in [6.07, 6.45) is -2.95. The van der Waals surface area contributed by atoms with E-state index in [1.807, 2.05) is 36.4 Å². The van der Waals surface area contributed by atoms with E-state index in [4.69, 9.17) is 0 Å². The predicted molar refractivity (Wildman–Crippen MR) is 84.9 cm³/mol. The number of rotatable bonds is 4. The van der Waals surface area contributed by atoms with Crippen LogP contribution in [-0.2, 0) is 6.18 Å². The van der Waals surface area contributed by atoms with Crippen molar-refractivity contribution in [3.05, 3.63) is 66.4 Å². The minimum atomic E-state index is -4.67. The fraction of sp³-hybridized carbons (Fsp3) is 0.0625. The van der Waals surface area contributed by atoms with E-state index in [-0.39, 0.29) is 5.69 Å². The number of hydrogen-bond acceptors (Lipinski definition) is 3. The summed E-state index contributed by atoms with van der Waals surface area (Å²) in [4.78, 5) is 6.77. The Bertz CT molecular complexity index is 831. The van der Waals surface area contributed by atoms with E-state index in [9.17, 15) is 17.6 Å². The molecule has 0 spiro atoms. The maximum atomic E-state index is 13.7. The molecule has 8 heteroatoms. The summed E-state index contributed by atoms with van der Waals surface area (Å²) < 4.78 is 53.7. The lowest BCUT2D eigenvalue weighted by molar-refractivity contribution is -0.141. The van der Waals surface area contributed by atoms with Crippen LogP contribution >= 0.6 is 11.9 Å². The van der Waals surface area contributed by atoms with Gasteiger partial charge in [0.1, 0.15) is 11.4 Å². The van der Waals surface area contributed by atoms with E-state index in [1.165, 1.54) is 0 Å². The van der Waals surface area contributed by atoms with E-state index >= 15 is 0 Å². The number of aromatic amines is 1. The fourth-order valence-corrected chi connectivity index (χ4v) is 2.67. The van der Waals surface area contributed by atoms with Gasteiger partial charge in [0.05, 0.1) is 0 Å². The molecule has 0 atom stereocenters. The number of pyridine rings is 1. The molecule has 3 rings (SSSR count). The van der Waals surface area contributed by atoms with Gasteiger partial charge in [0, 0.05) is 16.8 Å². The van der Waals surface area contributed by atoms with Crippen LogP contribution in [0.3, 0.4) is 0 Å². The number of aromatic nitrogens is 2. The Morgan fingerprint density at radius 2 is 1.79 bits per heavy atom. The smallest absolute Gasteiger partial charge is 0.360 e. The van der Waals surface area contributed by atoms with Gasteiger partial charge in [-0.1, -0.05) is 30.3 Å². The molecule has 0 unspecified atom stereocenters. The molecular formula is C16H11F4N3S. The third-order valence-corrected chi connectivity index (χ3v) is 3.95. The standard InChI is InChI=1S/C16H11F4N3S/c17-15-12(6-7-14(22-15)16(18,19)20)23-24-11-8-13(21-9-11)10-4-2-1-3-5-10/h1-9,21,23H. The van der Waals surface area contributed by atoms with Crippen molar-refractivity contribution in [2.24, 2.45) is 0 Å². The van der Waals surface area contributed by atoms with E-state index in [0.717, 1.165) is 40.2 Å². The van der Waals surface area contributed by atoms with Crippen molar-refractivity contribution >= 4 is 17.6 Å². The molecule has 0 aliphatic carbocycles. The molecule has 3 aromatic rings. The van der Waals surface area contributed by atoms with Crippen LogP contribution < -0.4 is 4.72 Å². The number of halogens is 4. The Balaban J connectivity index is 1.69. The zero-order chi connectivity index (χ0) is 17.2. The van der Waals surface area contributed by atoms with Gasteiger partial charge in [-0.15, -0.1) is 0 Å². The van der Waals surface area contributed by atoms with Crippen LogP contribution in [0.25, 0.3) is 11.3 Å². The molecule has 0 bridgehead atoms. The van der Waals surface area contributed by atoms with Crippen molar-refractivity contribution in [2.75, 3.05) is 4.72 Å². The highest BCUT2D eigenvalue weighted by Gasteiger charge is 2.33. The molecule has 2 N–H and O–H groups in total. The molecule has 0 fully saturated rings. The highest BCUT2D eigenvalue weighted by molar-refractivity contribution is 8.00. The second-order valence-corrected chi connectivity index (χ2v) is 5.73. The van der Waals surface area contributed by atoms with Crippen molar-refractivity contribution < 1.29 is 17.6 Å². The summed E-state index contributed by atoms with van der Waals surface area (Å²) in [6, 6.07) is 13.2. The Morgan fingerprint density at radius 3 is 2.46 bits per heavy atom. The zero-order valence-electron chi connectivity index (χ0n) is 12.1. The van der Waals surface area contributed by atoms with Crippen LogP contribution in [0.1, 0.15) is 5.69 Å². The number of benzene rings is 1. The number of nitrogens with one attached hydrogen (secondary N) is 2. The molecule has 0 aliphatic heterocycles. The van der Waals surface area contributed by atoms with Gasteiger partial charge in [-0.25, -0.2) is 4.98 Å². The average Bonchev–Trinajstić information content (AvgIpc) is 3.02. The maximum absolute atomic E-state index is 13.7. The van der Waals surface area contributed by atoms with Gasteiger partial charge in [-0.05, 0) is 35.7 Å². The first-order chi connectivity index (χ1) is 11.4. The molecule has 124 valence electrons. The largest absolute Gasteiger partial charge is 0.433 e. The number of anilines is 1. The summed E-state index contributed by atoms with van der Waals surface area (Å²) in [5.74, 6) is -1.20. The van der Waals surface area contributed by atoms with Gasteiger partial charge < -0.3 is 9.71 Å². The maximum Gasteiger partial charge on any atom is 0.433 e. The number of H-pyrrole nitrogens is 1. The SMILES string of the molecule is Fc1nc(C(F)(F)F)ccc1NSc1c[nH]c(-c2ccccc2)c1. The Labute approximate surface area is 139 Å². The predicted octanol–water partition coefficient (Wildman–Crippen LogP) is 5.35. The zero-order valence-corrected chi connectivity index (χ0v) is 12.9. The van der Waals surface area contributed by atoms with Crippen LogP contribution in [0.5, 0.6) is 0 Å². The third kappa shape index (κ3) is 3.70. The molecule has 24 heavy (non-hydrogen) atoms. The lowest BCUT2D eigenvalue weighted by atomic mass is 10.2. The number of nitrogens with zero attached hydrogens (tertiary/aromatic N) is 1. The van der Waals surface area contributed by atoms with Gasteiger partial charge in [-0.2, -0.15) is 17.6 Å². The lowest BCUT2D eigenvalue weighted by Gasteiger charge is -2.08. The van der Waals surface area contributed by atoms with Gasteiger partial charge in [0.15, 0.2) is 0 Å². The van der Waals surface area contributed by atoms with E-state index < -0.39 is 17.8 Å². The molecule has 2 heterocycles. The highest BCUT2D eigenvalue weighted by Crippen LogP contribution is 2.31. The first-order valence-corrected chi connectivity index (χ1v) is 7.65. The summed E-state index contributed by atoms with van der Waals surface area (Å²) in [7, 11) is 0. The number of alkyl halides is 3. The summed E-state index contributed by atoms with van der Waals surface area (Å²) >= 11 is 1.07. The third-order valence-electron chi connectivity index (χ3n) is 3.16. The van der Waals surface area contributed by atoms with Gasteiger partial charge in [0.25, 0.3) is 0 Å². The molecule has 1 aromatic carbocycles. The summed E-state index contributed by atoms with van der Waals surface area (Å²) in [5.41, 5.74) is 0.497. The molecule has 0 amide bonds. The normalized spacial score (nSPS) is 11.5. The highest BCUT2D eigenvalue weighted by atomic mass is 32.2. The van der Waals surface area contributed by atoms with E-state index in [1.54, 1.807) is 6.20 Å². The van der Waals surface area contributed by atoms with Crippen molar-refractivity contribution in [3.8, 4) is 11.3 Å². The minimum Gasteiger partial charge on any atom is -0.360 e. The van der Waals surface area contributed by atoms with Crippen LogP contribution in [0, 0.1) is 5.95 Å². The Kier molecular flexibility index (Phi) is 4.48. The topological polar surface area (TPSA) is 40.7 Å².